The Bertz CT molecular complexity index is 236. The van der Waals surface area contributed by atoms with Crippen LogP contribution in [0, 0.1) is 0 Å². The Hall–Kier alpha value is -1.62. The van der Waals surface area contributed by atoms with Gasteiger partial charge in [-0.25, -0.2) is 4.79 Å². The van der Waals surface area contributed by atoms with Gasteiger partial charge in [0.15, 0.2) is 0 Å². The summed E-state index contributed by atoms with van der Waals surface area (Å²) in [6, 6.07) is -0.275. The minimum absolute atomic E-state index is 0.275. The summed E-state index contributed by atoms with van der Waals surface area (Å²) in [7, 11) is 0. The summed E-state index contributed by atoms with van der Waals surface area (Å²) in [6.45, 7) is 8.26. The summed E-state index contributed by atoms with van der Waals surface area (Å²) in [5.41, 5.74) is 10.6. The molecule has 0 heterocycles. The number of nitrogens with two attached hydrogens (primary N) is 2. The lowest BCUT2D eigenvalue weighted by Crippen LogP contribution is -2.29. The molecular formula is C9H16N2O3. The van der Waals surface area contributed by atoms with Crippen LogP contribution in [0.15, 0.2) is 24.8 Å². The molecule has 1 unspecified atom stereocenters. The van der Waals surface area contributed by atoms with Crippen molar-refractivity contribution in [2.24, 2.45) is 11.5 Å². The van der Waals surface area contributed by atoms with Crippen LogP contribution in [0.25, 0.3) is 0 Å². The Morgan fingerprint density at radius 3 is 2.00 bits per heavy atom. The zero-order valence-corrected chi connectivity index (χ0v) is 8.19. The lowest BCUT2D eigenvalue weighted by molar-refractivity contribution is -0.131. The van der Waals surface area contributed by atoms with Gasteiger partial charge in [0, 0.05) is 17.7 Å². The molecule has 1 amide bonds. The molecule has 0 aromatic heterocycles. The van der Waals surface area contributed by atoms with Crippen LogP contribution in [0.3, 0.4) is 0 Å². The second-order valence-electron chi connectivity index (χ2n) is 2.45. The molecule has 0 aliphatic carbocycles. The Kier molecular flexibility index (Phi) is 8.50. The van der Waals surface area contributed by atoms with Gasteiger partial charge in [-0.05, 0) is 6.42 Å². The van der Waals surface area contributed by atoms with Gasteiger partial charge in [0.2, 0.25) is 5.91 Å². The van der Waals surface area contributed by atoms with Crippen molar-refractivity contribution in [3.63, 3.8) is 0 Å². The van der Waals surface area contributed by atoms with Gasteiger partial charge in [-0.15, -0.1) is 0 Å². The fraction of sp³-hybridized carbons (Fsp3) is 0.333. The van der Waals surface area contributed by atoms with Gasteiger partial charge < -0.3 is 16.6 Å². The van der Waals surface area contributed by atoms with Crippen LogP contribution < -0.4 is 11.5 Å². The molecule has 0 bridgehead atoms. The number of primary amides is 1. The number of aliphatic carboxylic acids is 1. The molecule has 0 fully saturated rings. The van der Waals surface area contributed by atoms with E-state index in [-0.39, 0.29) is 6.04 Å². The third-order valence-electron chi connectivity index (χ3n) is 1.38. The molecule has 0 saturated heterocycles. The topological polar surface area (TPSA) is 106 Å². The van der Waals surface area contributed by atoms with Crippen molar-refractivity contribution >= 4 is 11.9 Å². The predicted molar refractivity (Wildman–Crippen MR) is 54.4 cm³/mol. The van der Waals surface area contributed by atoms with Crippen LogP contribution in [0.1, 0.15) is 13.3 Å². The summed E-state index contributed by atoms with van der Waals surface area (Å²) in [5.74, 6) is -1.49. The number of hydrogen-bond donors (Lipinski definition) is 3. The first-order chi connectivity index (χ1) is 6.36. The van der Waals surface area contributed by atoms with Crippen molar-refractivity contribution in [1.29, 1.82) is 0 Å². The number of amides is 1. The van der Waals surface area contributed by atoms with Gasteiger partial charge in [0.1, 0.15) is 0 Å². The molecule has 5 heteroatoms. The first-order valence-electron chi connectivity index (χ1n) is 3.96. The Morgan fingerprint density at radius 1 is 1.57 bits per heavy atom. The van der Waals surface area contributed by atoms with Gasteiger partial charge in [0.25, 0.3) is 0 Å². The van der Waals surface area contributed by atoms with E-state index < -0.39 is 11.9 Å². The van der Waals surface area contributed by atoms with Crippen molar-refractivity contribution < 1.29 is 14.7 Å². The molecule has 5 N–H and O–H groups in total. The van der Waals surface area contributed by atoms with E-state index in [2.05, 4.69) is 13.2 Å². The minimum Gasteiger partial charge on any atom is -0.478 e. The zero-order chi connectivity index (χ0) is 11.7. The standard InChI is InChI=1S/C6H12N2O.C3H4O2/c1-3-5(7)4(2)6(8)9;1-2-3(4)5/h5H,2-3,7H2,1H3,(H2,8,9);2H,1H2,(H,4,5). The van der Waals surface area contributed by atoms with Crippen LogP contribution >= 0.6 is 0 Å². The van der Waals surface area contributed by atoms with E-state index in [1.807, 2.05) is 6.92 Å². The van der Waals surface area contributed by atoms with Crippen molar-refractivity contribution in [2.75, 3.05) is 0 Å². The highest BCUT2D eigenvalue weighted by Crippen LogP contribution is 1.97. The molecule has 0 saturated carbocycles. The highest BCUT2D eigenvalue weighted by Gasteiger charge is 2.08. The largest absolute Gasteiger partial charge is 0.478 e. The summed E-state index contributed by atoms with van der Waals surface area (Å²) >= 11 is 0. The first-order valence-corrected chi connectivity index (χ1v) is 3.96. The van der Waals surface area contributed by atoms with Crippen molar-refractivity contribution in [1.82, 2.24) is 0 Å². The lowest BCUT2D eigenvalue weighted by Gasteiger charge is -2.06. The Labute approximate surface area is 83.1 Å². The monoisotopic (exact) mass is 200 g/mol. The van der Waals surface area contributed by atoms with Crippen LogP contribution in [-0.2, 0) is 9.59 Å². The fourth-order valence-electron chi connectivity index (χ4n) is 0.429. The van der Waals surface area contributed by atoms with E-state index in [0.717, 1.165) is 6.08 Å². The molecule has 0 aliphatic heterocycles. The van der Waals surface area contributed by atoms with E-state index in [1.54, 1.807) is 0 Å². The maximum absolute atomic E-state index is 10.3. The van der Waals surface area contributed by atoms with E-state index in [1.165, 1.54) is 0 Å². The second kappa shape index (κ2) is 8.00. The SMILES string of the molecule is C=C(C(N)=O)C(N)CC.C=CC(=O)O. The average molecular weight is 200 g/mol. The maximum atomic E-state index is 10.3. The van der Waals surface area contributed by atoms with Crippen LogP contribution in [-0.4, -0.2) is 23.0 Å². The number of carboxylic acid groups (broad SMARTS) is 1. The molecule has 0 rings (SSSR count). The molecule has 0 aromatic carbocycles. The smallest absolute Gasteiger partial charge is 0.327 e. The second-order valence-corrected chi connectivity index (χ2v) is 2.45. The predicted octanol–water partition coefficient (Wildman–Crippen LogP) is 0.0222. The number of hydrogen-bond acceptors (Lipinski definition) is 3. The number of carbonyl (C=O) groups excluding carboxylic acids is 1. The van der Waals surface area contributed by atoms with Crippen molar-refractivity contribution in [2.45, 2.75) is 19.4 Å². The normalized spacial score (nSPS) is 10.4. The van der Waals surface area contributed by atoms with Gasteiger partial charge >= 0.3 is 5.97 Å². The maximum Gasteiger partial charge on any atom is 0.327 e. The van der Waals surface area contributed by atoms with Gasteiger partial charge in [-0.2, -0.15) is 0 Å². The number of carbonyl (C=O) groups is 2. The molecule has 80 valence electrons. The number of carboxylic acids is 1. The third-order valence-corrected chi connectivity index (χ3v) is 1.38. The zero-order valence-electron chi connectivity index (χ0n) is 8.19. The fourth-order valence-corrected chi connectivity index (χ4v) is 0.429. The molecule has 0 radical (unpaired) electrons. The van der Waals surface area contributed by atoms with Gasteiger partial charge in [-0.1, -0.05) is 20.1 Å². The third kappa shape index (κ3) is 8.48. The Balaban J connectivity index is 0. The van der Waals surface area contributed by atoms with Crippen molar-refractivity contribution in [3.05, 3.63) is 24.8 Å². The highest BCUT2D eigenvalue weighted by molar-refractivity contribution is 5.92. The van der Waals surface area contributed by atoms with Crippen molar-refractivity contribution in [3.8, 4) is 0 Å². The molecule has 0 aliphatic rings. The lowest BCUT2D eigenvalue weighted by atomic mass is 10.1. The molecule has 5 nitrogen and oxygen atoms in total. The van der Waals surface area contributed by atoms with Crippen LogP contribution in [0.5, 0.6) is 0 Å². The first kappa shape index (κ1) is 14.9. The molecule has 0 spiro atoms. The van der Waals surface area contributed by atoms with Gasteiger partial charge in [-0.3, -0.25) is 4.79 Å². The summed E-state index contributed by atoms with van der Waals surface area (Å²) in [6.07, 6.45) is 1.53. The minimum atomic E-state index is -0.981. The van der Waals surface area contributed by atoms with Gasteiger partial charge in [0.05, 0.1) is 0 Å². The quantitative estimate of drug-likeness (QED) is 0.556. The van der Waals surface area contributed by atoms with Crippen LogP contribution in [0.4, 0.5) is 0 Å². The molecule has 0 aromatic rings. The van der Waals surface area contributed by atoms with E-state index in [0.29, 0.717) is 12.0 Å². The summed E-state index contributed by atoms with van der Waals surface area (Å²) in [4.78, 5) is 19.6. The summed E-state index contributed by atoms with van der Waals surface area (Å²) in [5, 5.41) is 7.60. The average Bonchev–Trinajstić information content (AvgIpc) is 2.16. The molecular weight excluding hydrogens is 184 g/mol. The highest BCUT2D eigenvalue weighted by atomic mass is 16.4. The van der Waals surface area contributed by atoms with E-state index >= 15 is 0 Å². The molecule has 1 atom stereocenters. The Morgan fingerprint density at radius 2 is 1.93 bits per heavy atom. The van der Waals surface area contributed by atoms with E-state index in [9.17, 15) is 9.59 Å². The summed E-state index contributed by atoms with van der Waals surface area (Å²) < 4.78 is 0. The van der Waals surface area contributed by atoms with Crippen LogP contribution in [0.2, 0.25) is 0 Å². The molecule has 14 heavy (non-hydrogen) atoms. The number of rotatable bonds is 4. The van der Waals surface area contributed by atoms with E-state index in [4.69, 9.17) is 16.6 Å².